The predicted octanol–water partition coefficient (Wildman–Crippen LogP) is 5.52. The topological polar surface area (TPSA) is 49.0 Å². The summed E-state index contributed by atoms with van der Waals surface area (Å²) in [6, 6.07) is 14.2. The Kier molecular flexibility index (Phi) is 7.40. The maximum absolute atomic E-state index is 6.31. The third-order valence-electron chi connectivity index (χ3n) is 5.26. The van der Waals surface area contributed by atoms with Gasteiger partial charge in [-0.1, -0.05) is 24.3 Å². The van der Waals surface area contributed by atoms with Gasteiger partial charge in [-0.25, -0.2) is 0 Å². The van der Waals surface area contributed by atoms with Gasteiger partial charge in [-0.2, -0.15) is 0 Å². The number of nitrogens with one attached hydrogen (secondary N) is 1. The molecule has 2 aromatic rings. The number of fused-ring (bicyclic) bond motifs is 1. The highest BCUT2D eigenvalue weighted by molar-refractivity contribution is 5.54. The Hall–Kier alpha value is -2.50. The summed E-state index contributed by atoms with van der Waals surface area (Å²) in [4.78, 5) is 0. The molecular weight excluding hydrogens is 378 g/mol. The van der Waals surface area contributed by atoms with Crippen molar-refractivity contribution in [3.05, 3.63) is 65.7 Å². The van der Waals surface area contributed by atoms with E-state index in [-0.39, 0.29) is 12.2 Å². The number of allylic oxidation sites excluding steroid dienone is 1. The molecular formula is C25H33NO4. The summed E-state index contributed by atoms with van der Waals surface area (Å²) in [6.45, 7) is 9.96. The number of benzene rings is 2. The van der Waals surface area contributed by atoms with E-state index in [0.717, 1.165) is 29.3 Å². The average molecular weight is 412 g/mol. The van der Waals surface area contributed by atoms with Crippen LogP contribution in [0.1, 0.15) is 44.9 Å². The van der Waals surface area contributed by atoms with Crippen LogP contribution in [0.5, 0.6) is 11.5 Å². The molecule has 5 nitrogen and oxygen atoms in total. The number of anilines is 1. The van der Waals surface area contributed by atoms with Crippen molar-refractivity contribution in [3.8, 4) is 11.5 Å². The van der Waals surface area contributed by atoms with Gasteiger partial charge in [0.2, 0.25) is 0 Å². The molecule has 30 heavy (non-hydrogen) atoms. The van der Waals surface area contributed by atoms with Crippen molar-refractivity contribution in [2.45, 2.75) is 52.0 Å². The fourth-order valence-corrected chi connectivity index (χ4v) is 3.69. The zero-order chi connectivity index (χ0) is 21.6. The monoisotopic (exact) mass is 411 g/mol. The van der Waals surface area contributed by atoms with Gasteiger partial charge in [0.05, 0.1) is 13.7 Å². The van der Waals surface area contributed by atoms with Gasteiger partial charge >= 0.3 is 0 Å². The van der Waals surface area contributed by atoms with E-state index >= 15 is 0 Å². The van der Waals surface area contributed by atoms with Crippen molar-refractivity contribution in [3.63, 3.8) is 0 Å². The molecule has 0 fully saturated rings. The lowest BCUT2D eigenvalue weighted by Gasteiger charge is -2.44. The van der Waals surface area contributed by atoms with E-state index < -0.39 is 5.60 Å². The van der Waals surface area contributed by atoms with Gasteiger partial charge < -0.3 is 24.3 Å². The highest BCUT2D eigenvalue weighted by atomic mass is 16.6. The van der Waals surface area contributed by atoms with E-state index in [4.69, 9.17) is 18.9 Å². The molecule has 0 spiro atoms. The first kappa shape index (κ1) is 22.2. The summed E-state index contributed by atoms with van der Waals surface area (Å²) in [5, 5.41) is 3.50. The SMILES string of the molecule is C/C=C/COC1C(OCC)c2cc(NCc3ccc(OC)cc3)ccc2OC1(C)C. The molecule has 0 aromatic heterocycles. The fraction of sp³-hybridized carbons (Fsp3) is 0.440. The molecule has 2 aromatic carbocycles. The van der Waals surface area contributed by atoms with Crippen molar-refractivity contribution >= 4 is 5.69 Å². The summed E-state index contributed by atoms with van der Waals surface area (Å²) in [6.07, 6.45) is 3.59. The molecule has 1 heterocycles. The first-order valence-corrected chi connectivity index (χ1v) is 10.5. The second-order valence-electron chi connectivity index (χ2n) is 7.86. The van der Waals surface area contributed by atoms with Crippen LogP contribution in [0.15, 0.2) is 54.6 Å². The van der Waals surface area contributed by atoms with Gasteiger partial charge in [-0.3, -0.25) is 0 Å². The number of methoxy groups -OCH3 is 1. The standard InChI is InChI=1S/C25H33NO4/c1-6-8-15-29-24-23(28-7-2)21-16-19(11-14-22(21)30-25(24,3)4)26-17-18-9-12-20(27-5)13-10-18/h6,8-14,16,23-24,26H,7,15,17H2,1-5H3/b8-6+. The molecule has 0 aliphatic carbocycles. The maximum Gasteiger partial charge on any atom is 0.132 e. The zero-order valence-electron chi connectivity index (χ0n) is 18.6. The molecule has 1 N–H and O–H groups in total. The van der Waals surface area contributed by atoms with Gasteiger partial charge in [0.1, 0.15) is 29.3 Å². The quantitative estimate of drug-likeness (QED) is 0.551. The molecule has 1 aliphatic heterocycles. The summed E-state index contributed by atoms with van der Waals surface area (Å²) in [5.41, 5.74) is 2.72. The first-order valence-electron chi connectivity index (χ1n) is 10.5. The van der Waals surface area contributed by atoms with E-state index in [1.165, 1.54) is 5.56 Å². The van der Waals surface area contributed by atoms with Gasteiger partial charge in [-0.05, 0) is 63.6 Å². The highest BCUT2D eigenvalue weighted by Crippen LogP contribution is 2.44. The van der Waals surface area contributed by atoms with Crippen molar-refractivity contribution < 1.29 is 18.9 Å². The minimum atomic E-state index is -0.494. The van der Waals surface area contributed by atoms with E-state index in [2.05, 4.69) is 37.4 Å². The third-order valence-corrected chi connectivity index (χ3v) is 5.26. The molecule has 0 saturated heterocycles. The van der Waals surface area contributed by atoms with Crippen LogP contribution in [-0.2, 0) is 16.0 Å². The normalized spacial score (nSPS) is 19.9. The predicted molar refractivity (Wildman–Crippen MR) is 120 cm³/mol. The number of rotatable bonds is 9. The van der Waals surface area contributed by atoms with Gasteiger partial charge in [-0.15, -0.1) is 0 Å². The molecule has 2 atom stereocenters. The minimum absolute atomic E-state index is 0.193. The Bertz CT molecular complexity index is 845. The minimum Gasteiger partial charge on any atom is -0.497 e. The average Bonchev–Trinajstić information content (AvgIpc) is 2.74. The Balaban J connectivity index is 1.80. The second kappa shape index (κ2) is 10.0. The van der Waals surface area contributed by atoms with Crippen LogP contribution in [0.4, 0.5) is 5.69 Å². The van der Waals surface area contributed by atoms with Crippen molar-refractivity contribution in [2.24, 2.45) is 0 Å². The largest absolute Gasteiger partial charge is 0.497 e. The Morgan fingerprint density at radius 2 is 1.87 bits per heavy atom. The van der Waals surface area contributed by atoms with Crippen LogP contribution in [0, 0.1) is 0 Å². The maximum atomic E-state index is 6.31. The molecule has 0 amide bonds. The Labute approximate surface area is 180 Å². The van der Waals surface area contributed by atoms with Crippen LogP contribution >= 0.6 is 0 Å². The lowest BCUT2D eigenvalue weighted by Crippen LogP contribution is -2.51. The van der Waals surface area contributed by atoms with Crippen molar-refractivity contribution in [1.29, 1.82) is 0 Å². The molecule has 0 saturated carbocycles. The molecule has 2 unspecified atom stereocenters. The van der Waals surface area contributed by atoms with E-state index in [1.54, 1.807) is 7.11 Å². The molecule has 0 radical (unpaired) electrons. The first-order chi connectivity index (χ1) is 14.5. The second-order valence-corrected chi connectivity index (χ2v) is 7.86. The number of ether oxygens (including phenoxy) is 4. The smallest absolute Gasteiger partial charge is 0.132 e. The van der Waals surface area contributed by atoms with Crippen molar-refractivity contribution in [1.82, 2.24) is 0 Å². The van der Waals surface area contributed by atoms with Gasteiger partial charge in [0.25, 0.3) is 0 Å². The summed E-state index contributed by atoms with van der Waals surface area (Å²) in [7, 11) is 1.67. The molecule has 1 aliphatic rings. The number of hydrogen-bond donors (Lipinski definition) is 1. The van der Waals surface area contributed by atoms with Crippen LogP contribution in [0.25, 0.3) is 0 Å². The van der Waals surface area contributed by atoms with Crippen LogP contribution in [0.3, 0.4) is 0 Å². The van der Waals surface area contributed by atoms with Crippen LogP contribution in [-0.4, -0.2) is 32.0 Å². The van der Waals surface area contributed by atoms with Gasteiger partial charge in [0, 0.05) is 24.4 Å². The molecule has 0 bridgehead atoms. The lowest BCUT2D eigenvalue weighted by atomic mass is 9.88. The lowest BCUT2D eigenvalue weighted by molar-refractivity contribution is -0.155. The van der Waals surface area contributed by atoms with E-state index in [0.29, 0.717) is 13.2 Å². The Morgan fingerprint density at radius 1 is 1.10 bits per heavy atom. The summed E-state index contributed by atoms with van der Waals surface area (Å²) in [5.74, 6) is 1.70. The van der Waals surface area contributed by atoms with E-state index in [9.17, 15) is 0 Å². The molecule has 162 valence electrons. The molecule has 3 rings (SSSR count). The summed E-state index contributed by atoms with van der Waals surface area (Å²) >= 11 is 0. The van der Waals surface area contributed by atoms with E-state index in [1.807, 2.05) is 50.3 Å². The third kappa shape index (κ3) is 5.15. The van der Waals surface area contributed by atoms with Crippen LogP contribution in [0.2, 0.25) is 0 Å². The summed E-state index contributed by atoms with van der Waals surface area (Å²) < 4.78 is 23.9. The highest BCUT2D eigenvalue weighted by Gasteiger charge is 2.45. The van der Waals surface area contributed by atoms with Crippen molar-refractivity contribution in [2.75, 3.05) is 25.6 Å². The van der Waals surface area contributed by atoms with Crippen LogP contribution < -0.4 is 14.8 Å². The zero-order valence-corrected chi connectivity index (χ0v) is 18.6. The molecule has 5 heteroatoms. The number of hydrogen-bond acceptors (Lipinski definition) is 5. The fourth-order valence-electron chi connectivity index (χ4n) is 3.69. The Morgan fingerprint density at radius 3 is 2.53 bits per heavy atom. The van der Waals surface area contributed by atoms with Gasteiger partial charge in [0.15, 0.2) is 0 Å².